The Bertz CT molecular complexity index is 806. The van der Waals surface area contributed by atoms with Crippen molar-refractivity contribution in [3.63, 3.8) is 0 Å². The van der Waals surface area contributed by atoms with E-state index in [-0.39, 0.29) is 42.4 Å². The molecule has 2 rings (SSSR count). The summed E-state index contributed by atoms with van der Waals surface area (Å²) in [5, 5.41) is 40.5. The standard InChI is InChI=1S/C19H21NO7/c21-15-5-2-1-4-13(15)19(26)27-9-3-8-20-14(18(24)25)10-12-6-7-16(22)17(23)11-12/h1-2,4-7,11,14,20-23H,3,8-10H2,(H,24,25)/t14-/m0/s1. The van der Waals surface area contributed by atoms with Gasteiger partial charge in [0.2, 0.25) is 0 Å². The van der Waals surface area contributed by atoms with Gasteiger partial charge in [-0.05, 0) is 49.2 Å². The first-order valence-electron chi connectivity index (χ1n) is 8.30. The molecule has 0 aliphatic rings. The van der Waals surface area contributed by atoms with E-state index in [9.17, 15) is 30.0 Å². The molecule has 144 valence electrons. The van der Waals surface area contributed by atoms with Gasteiger partial charge in [-0.15, -0.1) is 0 Å². The van der Waals surface area contributed by atoms with Crippen molar-refractivity contribution in [3.8, 4) is 17.2 Å². The quantitative estimate of drug-likeness (QED) is 0.253. The molecule has 0 saturated carbocycles. The van der Waals surface area contributed by atoms with E-state index < -0.39 is 18.0 Å². The zero-order valence-electron chi connectivity index (χ0n) is 14.5. The van der Waals surface area contributed by atoms with Crippen LogP contribution in [0.25, 0.3) is 0 Å². The molecule has 0 aliphatic carbocycles. The third kappa shape index (κ3) is 5.89. The number of aliphatic carboxylic acids is 1. The molecule has 5 N–H and O–H groups in total. The van der Waals surface area contributed by atoms with Gasteiger partial charge in [-0.2, -0.15) is 0 Å². The lowest BCUT2D eigenvalue weighted by Gasteiger charge is -2.15. The highest BCUT2D eigenvalue weighted by Crippen LogP contribution is 2.25. The molecule has 0 spiro atoms. The van der Waals surface area contributed by atoms with Gasteiger partial charge in [0.05, 0.1) is 6.61 Å². The van der Waals surface area contributed by atoms with E-state index in [0.29, 0.717) is 12.0 Å². The number of carboxylic acids is 1. The number of carbonyl (C=O) groups excluding carboxylic acids is 1. The second-order valence-corrected chi connectivity index (χ2v) is 5.88. The van der Waals surface area contributed by atoms with E-state index in [1.807, 2.05) is 0 Å². The van der Waals surface area contributed by atoms with Gasteiger partial charge in [0.25, 0.3) is 0 Å². The number of benzene rings is 2. The molecule has 2 aromatic rings. The highest BCUT2D eigenvalue weighted by atomic mass is 16.5. The van der Waals surface area contributed by atoms with Crippen LogP contribution in [0.4, 0.5) is 0 Å². The van der Waals surface area contributed by atoms with E-state index in [4.69, 9.17) is 4.74 Å². The Morgan fingerprint density at radius 1 is 1.00 bits per heavy atom. The van der Waals surface area contributed by atoms with Crippen molar-refractivity contribution in [1.29, 1.82) is 0 Å². The number of nitrogens with one attached hydrogen (secondary N) is 1. The summed E-state index contributed by atoms with van der Waals surface area (Å²) >= 11 is 0. The predicted molar refractivity (Wildman–Crippen MR) is 95.9 cm³/mol. The Hall–Kier alpha value is -3.26. The molecule has 8 nitrogen and oxygen atoms in total. The number of aromatic hydroxyl groups is 3. The average molecular weight is 375 g/mol. The summed E-state index contributed by atoms with van der Waals surface area (Å²) in [5.41, 5.74) is 0.622. The van der Waals surface area contributed by atoms with Crippen molar-refractivity contribution in [3.05, 3.63) is 53.6 Å². The third-order valence-corrected chi connectivity index (χ3v) is 3.85. The lowest BCUT2D eigenvalue weighted by molar-refractivity contribution is -0.139. The normalized spacial score (nSPS) is 11.7. The zero-order chi connectivity index (χ0) is 19.8. The van der Waals surface area contributed by atoms with Crippen molar-refractivity contribution >= 4 is 11.9 Å². The zero-order valence-corrected chi connectivity index (χ0v) is 14.5. The van der Waals surface area contributed by atoms with Crippen molar-refractivity contribution in [2.75, 3.05) is 13.2 Å². The van der Waals surface area contributed by atoms with E-state index in [1.54, 1.807) is 12.1 Å². The van der Waals surface area contributed by atoms with Crippen molar-refractivity contribution in [2.45, 2.75) is 18.9 Å². The molecule has 2 aromatic carbocycles. The van der Waals surface area contributed by atoms with Gasteiger partial charge in [-0.25, -0.2) is 4.79 Å². The lowest BCUT2D eigenvalue weighted by atomic mass is 10.1. The summed E-state index contributed by atoms with van der Waals surface area (Å²) in [4.78, 5) is 23.2. The van der Waals surface area contributed by atoms with Crippen LogP contribution in [0.2, 0.25) is 0 Å². The maximum absolute atomic E-state index is 11.8. The number of phenols is 3. The Balaban J connectivity index is 1.78. The fraction of sp³-hybridized carbons (Fsp3) is 0.263. The van der Waals surface area contributed by atoms with Gasteiger partial charge in [0.15, 0.2) is 11.5 Å². The van der Waals surface area contributed by atoms with Crippen LogP contribution >= 0.6 is 0 Å². The van der Waals surface area contributed by atoms with Gasteiger partial charge >= 0.3 is 11.9 Å². The average Bonchev–Trinajstić information content (AvgIpc) is 2.63. The molecule has 0 heterocycles. The molecular formula is C19H21NO7. The fourth-order valence-corrected chi connectivity index (χ4v) is 2.42. The number of carbonyl (C=O) groups is 2. The number of para-hydroxylation sites is 1. The smallest absolute Gasteiger partial charge is 0.341 e. The van der Waals surface area contributed by atoms with Crippen LogP contribution in [-0.4, -0.2) is 51.6 Å². The maximum atomic E-state index is 11.8. The summed E-state index contributed by atoms with van der Waals surface area (Å²) in [6, 6.07) is 9.26. The van der Waals surface area contributed by atoms with Crippen LogP contribution in [-0.2, 0) is 16.0 Å². The Labute approximate surface area is 155 Å². The summed E-state index contributed by atoms with van der Waals surface area (Å²) in [6.45, 7) is 0.349. The second-order valence-electron chi connectivity index (χ2n) is 5.88. The summed E-state index contributed by atoms with van der Waals surface area (Å²) in [5.74, 6) is -2.46. The molecule has 0 amide bonds. The number of hydrogen-bond donors (Lipinski definition) is 5. The van der Waals surface area contributed by atoms with E-state index in [1.165, 1.54) is 30.3 Å². The Morgan fingerprint density at radius 3 is 2.41 bits per heavy atom. The van der Waals surface area contributed by atoms with Gasteiger partial charge in [0, 0.05) is 0 Å². The third-order valence-electron chi connectivity index (χ3n) is 3.85. The summed E-state index contributed by atoms with van der Waals surface area (Å²) in [7, 11) is 0. The minimum Gasteiger partial charge on any atom is -0.507 e. The topological polar surface area (TPSA) is 136 Å². The van der Waals surface area contributed by atoms with Crippen molar-refractivity contribution in [2.24, 2.45) is 0 Å². The van der Waals surface area contributed by atoms with Crippen LogP contribution in [0.15, 0.2) is 42.5 Å². The first kappa shape index (κ1) is 20.1. The van der Waals surface area contributed by atoms with Crippen molar-refractivity contribution < 1.29 is 34.8 Å². The molecule has 8 heteroatoms. The highest BCUT2D eigenvalue weighted by Gasteiger charge is 2.18. The summed E-state index contributed by atoms with van der Waals surface area (Å²) in [6.07, 6.45) is 0.491. The number of ether oxygens (including phenoxy) is 1. The minimum absolute atomic E-state index is 0.0620. The number of phenolic OH excluding ortho intramolecular Hbond substituents is 3. The predicted octanol–water partition coefficient (Wildman–Crippen LogP) is 1.64. The first-order chi connectivity index (χ1) is 12.9. The number of carboxylic acid groups (broad SMARTS) is 1. The first-order valence-corrected chi connectivity index (χ1v) is 8.30. The number of rotatable bonds is 9. The molecule has 0 fully saturated rings. The minimum atomic E-state index is -1.06. The van der Waals surface area contributed by atoms with Crippen LogP contribution in [0.1, 0.15) is 22.3 Å². The molecule has 0 aliphatic heterocycles. The molecule has 27 heavy (non-hydrogen) atoms. The number of esters is 1. The maximum Gasteiger partial charge on any atom is 0.341 e. The van der Waals surface area contributed by atoms with Gasteiger partial charge in [0.1, 0.15) is 17.4 Å². The monoisotopic (exact) mass is 375 g/mol. The fourth-order valence-electron chi connectivity index (χ4n) is 2.42. The lowest BCUT2D eigenvalue weighted by Crippen LogP contribution is -2.39. The molecule has 0 unspecified atom stereocenters. The van der Waals surface area contributed by atoms with Crippen LogP contribution in [0, 0.1) is 0 Å². The molecule has 0 aromatic heterocycles. The van der Waals surface area contributed by atoms with Gasteiger partial charge in [-0.3, -0.25) is 4.79 Å². The SMILES string of the molecule is O=C(OCCCN[C@@H](Cc1ccc(O)c(O)c1)C(=O)O)c1ccccc1O. The largest absolute Gasteiger partial charge is 0.507 e. The Kier molecular flexibility index (Phi) is 7.01. The van der Waals surface area contributed by atoms with Gasteiger partial charge in [-0.1, -0.05) is 18.2 Å². The van der Waals surface area contributed by atoms with Gasteiger partial charge < -0.3 is 30.5 Å². The van der Waals surface area contributed by atoms with Crippen LogP contribution in [0.5, 0.6) is 17.2 Å². The molecule has 0 saturated heterocycles. The molecule has 0 radical (unpaired) electrons. The van der Waals surface area contributed by atoms with E-state index >= 15 is 0 Å². The van der Waals surface area contributed by atoms with Crippen molar-refractivity contribution in [1.82, 2.24) is 5.32 Å². The summed E-state index contributed by atoms with van der Waals surface area (Å²) < 4.78 is 5.05. The molecule has 0 bridgehead atoms. The van der Waals surface area contributed by atoms with E-state index in [2.05, 4.69) is 5.32 Å². The van der Waals surface area contributed by atoms with E-state index in [0.717, 1.165) is 0 Å². The molecule has 1 atom stereocenters. The number of hydrogen-bond acceptors (Lipinski definition) is 7. The highest BCUT2D eigenvalue weighted by molar-refractivity contribution is 5.92. The second kappa shape index (κ2) is 9.44. The van der Waals surface area contributed by atoms with Crippen LogP contribution < -0.4 is 5.32 Å². The Morgan fingerprint density at radius 2 is 1.74 bits per heavy atom. The van der Waals surface area contributed by atoms with Crippen LogP contribution in [0.3, 0.4) is 0 Å². The molecular weight excluding hydrogens is 354 g/mol.